The van der Waals surface area contributed by atoms with Gasteiger partial charge in [-0.1, -0.05) is 12.8 Å². The molecule has 3 aliphatic rings. The van der Waals surface area contributed by atoms with Crippen LogP contribution in [0.2, 0.25) is 0 Å². The third kappa shape index (κ3) is 3.55. The maximum atomic E-state index is 3.53. The number of hydrogen-bond donors (Lipinski definition) is 1. The quantitative estimate of drug-likeness (QED) is 0.852. The predicted octanol–water partition coefficient (Wildman–Crippen LogP) is 2.32. The van der Waals surface area contributed by atoms with E-state index in [1.807, 2.05) is 0 Å². The van der Waals surface area contributed by atoms with Gasteiger partial charge in [0.25, 0.3) is 0 Å². The van der Waals surface area contributed by atoms with E-state index in [4.69, 9.17) is 0 Å². The van der Waals surface area contributed by atoms with Gasteiger partial charge in [-0.2, -0.15) is 0 Å². The molecule has 3 nitrogen and oxygen atoms in total. The van der Waals surface area contributed by atoms with E-state index in [0.717, 1.165) is 18.0 Å². The summed E-state index contributed by atoms with van der Waals surface area (Å²) in [6.07, 6.45) is 11.4. The SMILES string of the molecule is CNC1CCCC1CN1CCC(N2CCCCC2)CC1. The van der Waals surface area contributed by atoms with Crippen molar-refractivity contribution in [2.24, 2.45) is 5.92 Å². The van der Waals surface area contributed by atoms with Crippen LogP contribution in [0.15, 0.2) is 0 Å². The first-order valence-electron chi connectivity index (χ1n) is 9.00. The van der Waals surface area contributed by atoms with Crippen LogP contribution in [-0.4, -0.2) is 61.7 Å². The molecule has 3 rings (SSSR count). The largest absolute Gasteiger partial charge is 0.317 e. The molecule has 3 heteroatoms. The monoisotopic (exact) mass is 279 g/mol. The predicted molar refractivity (Wildman–Crippen MR) is 85.1 cm³/mol. The van der Waals surface area contributed by atoms with Crippen molar-refractivity contribution in [1.82, 2.24) is 15.1 Å². The second-order valence-corrected chi connectivity index (χ2v) is 7.21. The van der Waals surface area contributed by atoms with Gasteiger partial charge in [0.2, 0.25) is 0 Å². The second kappa shape index (κ2) is 7.24. The summed E-state index contributed by atoms with van der Waals surface area (Å²) < 4.78 is 0. The molecule has 2 heterocycles. The van der Waals surface area contributed by atoms with E-state index in [9.17, 15) is 0 Å². The van der Waals surface area contributed by atoms with Gasteiger partial charge in [0.1, 0.15) is 0 Å². The Morgan fingerprint density at radius 3 is 2.30 bits per heavy atom. The van der Waals surface area contributed by atoms with E-state index in [1.165, 1.54) is 84.1 Å². The maximum Gasteiger partial charge on any atom is 0.0120 e. The molecule has 0 spiro atoms. The zero-order valence-electron chi connectivity index (χ0n) is 13.3. The highest BCUT2D eigenvalue weighted by Gasteiger charge is 2.30. The molecule has 0 amide bonds. The van der Waals surface area contributed by atoms with Crippen molar-refractivity contribution in [1.29, 1.82) is 0 Å². The minimum Gasteiger partial charge on any atom is -0.317 e. The lowest BCUT2D eigenvalue weighted by Gasteiger charge is -2.41. The Morgan fingerprint density at radius 2 is 1.60 bits per heavy atom. The number of nitrogens with one attached hydrogen (secondary N) is 1. The molecule has 1 aliphatic carbocycles. The highest BCUT2D eigenvalue weighted by Crippen LogP contribution is 2.28. The summed E-state index contributed by atoms with van der Waals surface area (Å²) >= 11 is 0. The smallest absolute Gasteiger partial charge is 0.0120 e. The first-order valence-corrected chi connectivity index (χ1v) is 9.00. The van der Waals surface area contributed by atoms with Gasteiger partial charge in [-0.05, 0) is 77.7 Å². The summed E-state index contributed by atoms with van der Waals surface area (Å²) in [5.74, 6) is 0.909. The van der Waals surface area contributed by atoms with Crippen LogP contribution in [0, 0.1) is 5.92 Å². The normalized spacial score (nSPS) is 34.6. The van der Waals surface area contributed by atoms with Crippen molar-refractivity contribution in [2.75, 3.05) is 39.8 Å². The molecule has 2 unspecified atom stereocenters. The van der Waals surface area contributed by atoms with Crippen molar-refractivity contribution in [3.63, 3.8) is 0 Å². The van der Waals surface area contributed by atoms with Crippen molar-refractivity contribution in [2.45, 2.75) is 63.5 Å². The summed E-state index contributed by atoms with van der Waals surface area (Å²) in [7, 11) is 2.14. The lowest BCUT2D eigenvalue weighted by molar-refractivity contribution is 0.0836. The van der Waals surface area contributed by atoms with Gasteiger partial charge in [0.15, 0.2) is 0 Å². The number of hydrogen-bond acceptors (Lipinski definition) is 3. The van der Waals surface area contributed by atoms with E-state index in [-0.39, 0.29) is 0 Å². The standard InChI is InChI=1S/C17H33N3/c1-18-17-7-5-6-15(17)14-19-12-8-16(9-13-19)20-10-3-2-4-11-20/h15-18H,2-14H2,1H3. The zero-order valence-corrected chi connectivity index (χ0v) is 13.3. The van der Waals surface area contributed by atoms with Crippen molar-refractivity contribution >= 4 is 0 Å². The number of likely N-dealkylation sites (tertiary alicyclic amines) is 2. The number of rotatable bonds is 4. The van der Waals surface area contributed by atoms with Crippen LogP contribution >= 0.6 is 0 Å². The Morgan fingerprint density at radius 1 is 0.850 bits per heavy atom. The summed E-state index contributed by atoms with van der Waals surface area (Å²) in [6.45, 7) is 6.77. The molecule has 0 radical (unpaired) electrons. The Labute approximate surface area is 125 Å². The van der Waals surface area contributed by atoms with Gasteiger partial charge in [-0.3, -0.25) is 0 Å². The van der Waals surface area contributed by atoms with E-state index in [1.54, 1.807) is 0 Å². The summed E-state index contributed by atoms with van der Waals surface area (Å²) in [5, 5.41) is 3.53. The van der Waals surface area contributed by atoms with Crippen LogP contribution < -0.4 is 5.32 Å². The second-order valence-electron chi connectivity index (χ2n) is 7.21. The fraction of sp³-hybridized carbons (Fsp3) is 1.00. The van der Waals surface area contributed by atoms with E-state index in [2.05, 4.69) is 22.2 Å². The summed E-state index contributed by atoms with van der Waals surface area (Å²) in [4.78, 5) is 5.54. The molecule has 2 saturated heterocycles. The molecule has 3 fully saturated rings. The fourth-order valence-electron chi connectivity index (χ4n) is 4.72. The molecule has 0 aromatic rings. The molecule has 0 aromatic heterocycles. The topological polar surface area (TPSA) is 18.5 Å². The molecule has 0 bridgehead atoms. The first kappa shape index (κ1) is 14.8. The minimum absolute atomic E-state index is 0.787. The van der Waals surface area contributed by atoms with E-state index in [0.29, 0.717) is 0 Å². The van der Waals surface area contributed by atoms with Crippen LogP contribution in [0.25, 0.3) is 0 Å². The Kier molecular flexibility index (Phi) is 5.36. The number of nitrogens with zero attached hydrogens (tertiary/aromatic N) is 2. The molecule has 0 aromatic carbocycles. The third-order valence-corrected chi connectivity index (χ3v) is 5.99. The molecule has 1 saturated carbocycles. The van der Waals surface area contributed by atoms with E-state index >= 15 is 0 Å². The lowest BCUT2D eigenvalue weighted by Crippen LogP contribution is -2.48. The van der Waals surface area contributed by atoms with Crippen LogP contribution in [0.4, 0.5) is 0 Å². The lowest BCUT2D eigenvalue weighted by atomic mass is 9.97. The summed E-state index contributed by atoms with van der Waals surface area (Å²) in [5.41, 5.74) is 0. The fourth-order valence-corrected chi connectivity index (χ4v) is 4.72. The van der Waals surface area contributed by atoms with E-state index < -0.39 is 0 Å². The van der Waals surface area contributed by atoms with Gasteiger partial charge >= 0.3 is 0 Å². The molecule has 1 N–H and O–H groups in total. The first-order chi connectivity index (χ1) is 9.86. The minimum atomic E-state index is 0.787. The van der Waals surface area contributed by atoms with Crippen LogP contribution in [-0.2, 0) is 0 Å². The molecular weight excluding hydrogens is 246 g/mol. The van der Waals surface area contributed by atoms with Crippen LogP contribution in [0.1, 0.15) is 51.4 Å². The van der Waals surface area contributed by atoms with Gasteiger partial charge in [0.05, 0.1) is 0 Å². The Bertz CT molecular complexity index is 280. The molecule has 20 heavy (non-hydrogen) atoms. The average Bonchev–Trinajstić information content (AvgIpc) is 2.96. The zero-order chi connectivity index (χ0) is 13.8. The van der Waals surface area contributed by atoms with Crippen LogP contribution in [0.5, 0.6) is 0 Å². The molecule has 116 valence electrons. The molecule has 2 atom stereocenters. The average molecular weight is 279 g/mol. The summed E-state index contributed by atoms with van der Waals surface area (Å²) in [6, 6.07) is 1.69. The molecular formula is C17H33N3. The van der Waals surface area contributed by atoms with Gasteiger partial charge in [-0.15, -0.1) is 0 Å². The Hall–Kier alpha value is -0.120. The molecule has 2 aliphatic heterocycles. The van der Waals surface area contributed by atoms with Crippen molar-refractivity contribution in [3.8, 4) is 0 Å². The van der Waals surface area contributed by atoms with Crippen molar-refractivity contribution in [3.05, 3.63) is 0 Å². The van der Waals surface area contributed by atoms with Gasteiger partial charge in [-0.25, -0.2) is 0 Å². The third-order valence-electron chi connectivity index (χ3n) is 5.99. The Balaban J connectivity index is 1.41. The van der Waals surface area contributed by atoms with Gasteiger partial charge in [0, 0.05) is 18.6 Å². The van der Waals surface area contributed by atoms with Gasteiger partial charge < -0.3 is 15.1 Å². The van der Waals surface area contributed by atoms with Crippen molar-refractivity contribution < 1.29 is 0 Å². The highest BCUT2D eigenvalue weighted by molar-refractivity contribution is 4.87. The number of piperidine rings is 2. The highest BCUT2D eigenvalue weighted by atomic mass is 15.2. The maximum absolute atomic E-state index is 3.53. The van der Waals surface area contributed by atoms with Crippen LogP contribution in [0.3, 0.4) is 0 Å².